The molecule has 1 aliphatic heterocycles. The minimum Gasteiger partial charge on any atom is -0.460 e. The smallest absolute Gasteiger partial charge is 0.320 e. The summed E-state index contributed by atoms with van der Waals surface area (Å²) in [7, 11) is 0. The molecule has 0 saturated carbocycles. The largest absolute Gasteiger partial charge is 0.460 e. The normalized spacial score (nSPS) is 17.4. The summed E-state index contributed by atoms with van der Waals surface area (Å²) in [5, 5.41) is 0. The van der Waals surface area contributed by atoms with Crippen LogP contribution in [0.3, 0.4) is 0 Å². The summed E-state index contributed by atoms with van der Waals surface area (Å²) in [6, 6.07) is 0.308. The third-order valence-electron chi connectivity index (χ3n) is 4.05. The molecule has 8 heteroatoms. The standard InChI is InChI=1S/C15H24N6O2/c1-2-3-11(4-5-21-6-8-22-9-7-21)23-15-19-13(16)12-14(20-15)18-10-17-12/h10-11H,2-9H2,1H3,(H3,16,17,18,19,20). The lowest BCUT2D eigenvalue weighted by atomic mass is 10.1. The third kappa shape index (κ3) is 4.08. The SMILES string of the molecule is CCCC(CCN1CCOCC1)Oc1nc(N)c2[nH]cnc2n1. The lowest BCUT2D eigenvalue weighted by Crippen LogP contribution is -2.38. The van der Waals surface area contributed by atoms with Crippen molar-refractivity contribution < 1.29 is 9.47 Å². The predicted octanol–water partition coefficient (Wildman–Crippen LogP) is 1.20. The van der Waals surface area contributed by atoms with Gasteiger partial charge in [-0.1, -0.05) is 13.3 Å². The first-order valence-corrected chi connectivity index (χ1v) is 8.19. The molecule has 3 N–H and O–H groups in total. The molecule has 3 rings (SSSR count). The monoisotopic (exact) mass is 320 g/mol. The maximum Gasteiger partial charge on any atom is 0.320 e. The first-order valence-electron chi connectivity index (χ1n) is 8.19. The van der Waals surface area contributed by atoms with Gasteiger partial charge in [0.25, 0.3) is 0 Å². The number of hydrogen-bond acceptors (Lipinski definition) is 7. The average Bonchev–Trinajstić information content (AvgIpc) is 3.03. The number of nitrogens with one attached hydrogen (secondary N) is 1. The van der Waals surface area contributed by atoms with Crippen LogP contribution in [-0.2, 0) is 4.74 Å². The molecule has 0 spiro atoms. The van der Waals surface area contributed by atoms with Crippen molar-refractivity contribution in [2.45, 2.75) is 32.3 Å². The van der Waals surface area contributed by atoms with Crippen LogP contribution in [0.4, 0.5) is 5.82 Å². The van der Waals surface area contributed by atoms with Gasteiger partial charge in [0.05, 0.1) is 19.5 Å². The molecule has 0 bridgehead atoms. The van der Waals surface area contributed by atoms with E-state index in [2.05, 4.69) is 31.8 Å². The van der Waals surface area contributed by atoms with Crippen molar-refractivity contribution in [3.05, 3.63) is 6.33 Å². The molecule has 0 amide bonds. The summed E-state index contributed by atoms with van der Waals surface area (Å²) in [4.78, 5) is 18.0. The Balaban J connectivity index is 1.62. The highest BCUT2D eigenvalue weighted by molar-refractivity contribution is 5.81. The summed E-state index contributed by atoms with van der Waals surface area (Å²) in [5.41, 5.74) is 7.11. The quantitative estimate of drug-likeness (QED) is 0.790. The average molecular weight is 320 g/mol. The molecule has 1 atom stereocenters. The number of H-pyrrole nitrogens is 1. The molecule has 23 heavy (non-hydrogen) atoms. The van der Waals surface area contributed by atoms with Gasteiger partial charge in [-0.05, 0) is 12.8 Å². The van der Waals surface area contributed by atoms with Gasteiger partial charge in [0.2, 0.25) is 0 Å². The van der Waals surface area contributed by atoms with Gasteiger partial charge in [-0.2, -0.15) is 9.97 Å². The Hall–Kier alpha value is -1.93. The molecule has 1 fully saturated rings. The van der Waals surface area contributed by atoms with Gasteiger partial charge in [-0.3, -0.25) is 4.90 Å². The van der Waals surface area contributed by atoms with E-state index in [1.54, 1.807) is 6.33 Å². The molecule has 2 aromatic rings. The van der Waals surface area contributed by atoms with E-state index in [-0.39, 0.29) is 6.10 Å². The van der Waals surface area contributed by atoms with Crippen LogP contribution < -0.4 is 10.5 Å². The molecule has 1 unspecified atom stereocenters. The van der Waals surface area contributed by atoms with E-state index in [1.165, 1.54) is 0 Å². The van der Waals surface area contributed by atoms with Crippen LogP contribution in [0.5, 0.6) is 6.01 Å². The lowest BCUT2D eigenvalue weighted by Gasteiger charge is -2.28. The summed E-state index contributed by atoms with van der Waals surface area (Å²) in [5.74, 6) is 0.367. The predicted molar refractivity (Wildman–Crippen MR) is 87.3 cm³/mol. The second kappa shape index (κ2) is 7.56. The van der Waals surface area contributed by atoms with E-state index in [0.717, 1.165) is 52.1 Å². The van der Waals surface area contributed by atoms with Crippen LogP contribution >= 0.6 is 0 Å². The van der Waals surface area contributed by atoms with Crippen LogP contribution in [-0.4, -0.2) is 63.8 Å². The van der Waals surface area contributed by atoms with Crippen LogP contribution in [0.15, 0.2) is 6.33 Å². The summed E-state index contributed by atoms with van der Waals surface area (Å²) < 4.78 is 11.4. The molecular weight excluding hydrogens is 296 g/mol. The zero-order valence-electron chi connectivity index (χ0n) is 13.5. The Morgan fingerprint density at radius 1 is 1.35 bits per heavy atom. The molecule has 126 valence electrons. The van der Waals surface area contributed by atoms with E-state index in [4.69, 9.17) is 15.2 Å². The number of anilines is 1. The zero-order chi connectivity index (χ0) is 16.1. The topological polar surface area (TPSA) is 102 Å². The number of fused-ring (bicyclic) bond motifs is 1. The number of ether oxygens (including phenoxy) is 2. The van der Waals surface area contributed by atoms with Gasteiger partial charge < -0.3 is 20.2 Å². The Bertz CT molecular complexity index is 625. The number of imidazole rings is 1. The van der Waals surface area contributed by atoms with Crippen LogP contribution in [0, 0.1) is 0 Å². The van der Waals surface area contributed by atoms with Crippen LogP contribution in [0.25, 0.3) is 11.2 Å². The lowest BCUT2D eigenvalue weighted by molar-refractivity contribution is 0.0307. The maximum atomic E-state index is 5.99. The number of hydrogen-bond donors (Lipinski definition) is 2. The van der Waals surface area contributed by atoms with E-state index < -0.39 is 0 Å². The van der Waals surface area contributed by atoms with Gasteiger partial charge in [-0.25, -0.2) is 4.98 Å². The highest BCUT2D eigenvalue weighted by Gasteiger charge is 2.17. The van der Waals surface area contributed by atoms with Gasteiger partial charge in [0, 0.05) is 19.6 Å². The van der Waals surface area contributed by atoms with Crippen molar-refractivity contribution >= 4 is 17.0 Å². The minimum atomic E-state index is 0.0821. The highest BCUT2D eigenvalue weighted by atomic mass is 16.5. The van der Waals surface area contributed by atoms with E-state index in [1.807, 2.05) is 0 Å². The Labute approximate surface area is 135 Å². The minimum absolute atomic E-state index is 0.0821. The molecule has 0 radical (unpaired) electrons. The first kappa shape index (κ1) is 15.9. The Kier molecular flexibility index (Phi) is 5.24. The third-order valence-corrected chi connectivity index (χ3v) is 4.05. The van der Waals surface area contributed by atoms with Gasteiger partial charge in [0.1, 0.15) is 11.6 Å². The van der Waals surface area contributed by atoms with E-state index >= 15 is 0 Å². The van der Waals surface area contributed by atoms with Crippen LogP contribution in [0.1, 0.15) is 26.2 Å². The van der Waals surface area contributed by atoms with Crippen molar-refractivity contribution in [3.63, 3.8) is 0 Å². The number of morpholine rings is 1. The summed E-state index contributed by atoms with van der Waals surface area (Å²) in [6.07, 6.45) is 4.59. The molecular formula is C15H24N6O2. The van der Waals surface area contributed by atoms with Crippen molar-refractivity contribution in [1.82, 2.24) is 24.8 Å². The highest BCUT2D eigenvalue weighted by Crippen LogP contribution is 2.19. The number of nitrogen functional groups attached to an aromatic ring is 1. The number of aromatic nitrogens is 4. The molecule has 1 aliphatic rings. The van der Waals surface area contributed by atoms with Crippen molar-refractivity contribution in [2.24, 2.45) is 0 Å². The number of aromatic amines is 1. The van der Waals surface area contributed by atoms with Crippen molar-refractivity contribution in [3.8, 4) is 6.01 Å². The number of rotatable bonds is 7. The fourth-order valence-electron chi connectivity index (χ4n) is 2.77. The Morgan fingerprint density at radius 3 is 2.96 bits per heavy atom. The summed E-state index contributed by atoms with van der Waals surface area (Å²) >= 11 is 0. The second-order valence-corrected chi connectivity index (χ2v) is 5.76. The molecule has 0 aromatic carbocycles. The van der Waals surface area contributed by atoms with E-state index in [0.29, 0.717) is 23.0 Å². The van der Waals surface area contributed by atoms with Gasteiger partial charge in [0.15, 0.2) is 11.5 Å². The number of nitrogens with zero attached hydrogens (tertiary/aromatic N) is 4. The summed E-state index contributed by atoms with van der Waals surface area (Å²) in [6.45, 7) is 6.75. The van der Waals surface area contributed by atoms with Gasteiger partial charge in [-0.15, -0.1) is 0 Å². The number of nitrogens with two attached hydrogens (primary N) is 1. The molecule has 3 heterocycles. The maximum absolute atomic E-state index is 5.99. The first-order chi connectivity index (χ1) is 11.3. The fourth-order valence-corrected chi connectivity index (χ4v) is 2.77. The molecule has 1 saturated heterocycles. The van der Waals surface area contributed by atoms with Crippen molar-refractivity contribution in [2.75, 3.05) is 38.6 Å². The van der Waals surface area contributed by atoms with Crippen molar-refractivity contribution in [1.29, 1.82) is 0 Å². The second-order valence-electron chi connectivity index (χ2n) is 5.76. The molecule has 0 aliphatic carbocycles. The Morgan fingerprint density at radius 2 is 2.17 bits per heavy atom. The van der Waals surface area contributed by atoms with E-state index in [9.17, 15) is 0 Å². The van der Waals surface area contributed by atoms with Crippen LogP contribution in [0.2, 0.25) is 0 Å². The fraction of sp³-hybridized carbons (Fsp3) is 0.667. The molecule has 8 nitrogen and oxygen atoms in total. The molecule has 2 aromatic heterocycles. The zero-order valence-corrected chi connectivity index (χ0v) is 13.5. The van der Waals surface area contributed by atoms with Gasteiger partial charge >= 0.3 is 6.01 Å².